The molecule has 4 N–H and O–H groups in total. The smallest absolute Gasteiger partial charge is 0.273 e. The van der Waals surface area contributed by atoms with E-state index in [-0.39, 0.29) is 70.5 Å². The van der Waals surface area contributed by atoms with Crippen molar-refractivity contribution in [2.24, 2.45) is 92.7 Å². The average molecular weight is 851 g/mol. The van der Waals surface area contributed by atoms with Crippen molar-refractivity contribution >= 4 is 0 Å². The molecule has 8 heteroatoms. The van der Waals surface area contributed by atoms with Crippen molar-refractivity contribution in [3.05, 3.63) is 0 Å². The number of aliphatic hydroxyl groups excluding tert-OH is 2. The molecule has 8 aliphatic carbocycles. The summed E-state index contributed by atoms with van der Waals surface area (Å²) in [5.74, 6) is -2.43. The quantitative estimate of drug-likeness (QED) is 0.156. The highest BCUT2D eigenvalue weighted by Gasteiger charge is 2.65. The second kappa shape index (κ2) is 15.6. The molecule has 8 rings (SSSR count). The lowest BCUT2D eigenvalue weighted by atomic mass is 9.42. The number of aliphatic hydroxyl groups is 4. The summed E-state index contributed by atoms with van der Waals surface area (Å²) in [5, 5.41) is 43.8. The third-order valence-electron chi connectivity index (χ3n) is 22.3. The van der Waals surface area contributed by atoms with Gasteiger partial charge in [-0.05, 0) is 242 Å². The molecule has 0 aromatic rings. The van der Waals surface area contributed by atoms with Gasteiger partial charge in [0.1, 0.15) is 12.2 Å². The van der Waals surface area contributed by atoms with E-state index >= 15 is 8.78 Å². The van der Waals surface area contributed by atoms with Gasteiger partial charge in [0.15, 0.2) is 0 Å². The molecule has 20 atom stereocenters. The number of alkyl halides is 4. The molecule has 8 fully saturated rings. The summed E-state index contributed by atoms with van der Waals surface area (Å²) in [4.78, 5) is 0. The van der Waals surface area contributed by atoms with Gasteiger partial charge in [0.2, 0.25) is 0 Å². The van der Waals surface area contributed by atoms with Gasteiger partial charge in [-0.25, -0.2) is 17.6 Å². The molecule has 0 aliphatic heterocycles. The van der Waals surface area contributed by atoms with Crippen LogP contribution in [0.5, 0.6) is 0 Å². The topological polar surface area (TPSA) is 80.9 Å². The lowest BCUT2D eigenvalue weighted by Gasteiger charge is -2.63. The molecule has 0 aromatic carbocycles. The van der Waals surface area contributed by atoms with E-state index in [1.165, 1.54) is 26.2 Å². The standard InChI is InChI=1S/C52H86F4O4/c1-31(27-51(53,54)33(3)57)38-14-16-41-37-12-10-35-30-46(5,60)24-26-50(35,43(37)18-21-49(38,41)8)22-19-44(58)52(55,56)28-32(2)39-13-15-40-36-11-9-34-29-45(4,59)23-25-47(34,6)42(36)17-20-48(39,40)7/h31-44,57-60H,9-30H2,1-8H3/t31-,32-,33-,34+,35+,36+,37+,38-,39-,40+,41+,42+,43+,44+,45+,46+,47+,48-,49-,50+/m1/s1. The number of halogens is 4. The van der Waals surface area contributed by atoms with Gasteiger partial charge in [-0.15, -0.1) is 0 Å². The third-order valence-corrected chi connectivity index (χ3v) is 22.3. The predicted molar refractivity (Wildman–Crippen MR) is 230 cm³/mol. The Labute approximate surface area is 361 Å². The maximum Gasteiger partial charge on any atom is 0.273 e. The third kappa shape index (κ3) is 7.61. The molecule has 0 amide bonds. The van der Waals surface area contributed by atoms with E-state index in [1.54, 1.807) is 0 Å². The summed E-state index contributed by atoms with van der Waals surface area (Å²) in [5.41, 5.74) is -1.26. The van der Waals surface area contributed by atoms with E-state index in [9.17, 15) is 29.2 Å². The second-order valence-electron chi connectivity index (χ2n) is 25.5. The van der Waals surface area contributed by atoms with Crippen molar-refractivity contribution in [1.29, 1.82) is 0 Å². The Bertz CT molecular complexity index is 1550. The lowest BCUT2D eigenvalue weighted by Crippen LogP contribution is -2.57. The van der Waals surface area contributed by atoms with Gasteiger partial charge in [-0.2, -0.15) is 0 Å². The van der Waals surface area contributed by atoms with Crippen LogP contribution in [0.4, 0.5) is 17.6 Å². The molecule has 0 spiro atoms. The molecular formula is C52H86F4O4. The van der Waals surface area contributed by atoms with Crippen LogP contribution in [0.1, 0.15) is 197 Å². The van der Waals surface area contributed by atoms with Gasteiger partial charge in [-0.1, -0.05) is 34.6 Å². The fourth-order valence-corrected chi connectivity index (χ4v) is 19.2. The first-order chi connectivity index (χ1) is 27.8. The van der Waals surface area contributed by atoms with Gasteiger partial charge >= 0.3 is 0 Å². The minimum absolute atomic E-state index is 0.0535. The molecule has 0 saturated heterocycles. The van der Waals surface area contributed by atoms with E-state index in [1.807, 2.05) is 20.8 Å². The zero-order chi connectivity index (χ0) is 43.6. The molecule has 0 bridgehead atoms. The Morgan fingerprint density at radius 1 is 0.517 bits per heavy atom. The van der Waals surface area contributed by atoms with Crippen molar-refractivity contribution < 1.29 is 38.0 Å². The first kappa shape index (κ1) is 46.1. The Balaban J connectivity index is 0.937. The van der Waals surface area contributed by atoms with Crippen LogP contribution in [0.3, 0.4) is 0 Å². The summed E-state index contributed by atoms with van der Waals surface area (Å²) in [6.07, 6.45) is 14.3. The first-order valence-electron chi connectivity index (χ1n) is 25.4. The predicted octanol–water partition coefficient (Wildman–Crippen LogP) is 12.6. The largest absolute Gasteiger partial charge is 0.390 e. The van der Waals surface area contributed by atoms with E-state index in [4.69, 9.17) is 0 Å². The molecule has 8 saturated carbocycles. The number of hydrogen-bond acceptors (Lipinski definition) is 4. The lowest BCUT2D eigenvalue weighted by molar-refractivity contribution is -0.174. The minimum atomic E-state index is -3.18. The Hall–Kier alpha value is -0.440. The molecule has 346 valence electrons. The Kier molecular flexibility index (Phi) is 12.0. The highest BCUT2D eigenvalue weighted by Crippen LogP contribution is 2.72. The maximum absolute atomic E-state index is 16.6. The van der Waals surface area contributed by atoms with Crippen molar-refractivity contribution in [1.82, 2.24) is 0 Å². The monoisotopic (exact) mass is 851 g/mol. The summed E-state index contributed by atoms with van der Waals surface area (Å²) < 4.78 is 62.8. The van der Waals surface area contributed by atoms with Crippen LogP contribution in [0.2, 0.25) is 0 Å². The van der Waals surface area contributed by atoms with Gasteiger partial charge in [0.05, 0.1) is 11.2 Å². The van der Waals surface area contributed by atoms with Crippen LogP contribution in [0.15, 0.2) is 0 Å². The number of rotatable bonds is 11. The second-order valence-corrected chi connectivity index (χ2v) is 25.5. The fraction of sp³-hybridized carbons (Fsp3) is 1.00. The van der Waals surface area contributed by atoms with Crippen molar-refractivity contribution in [3.8, 4) is 0 Å². The number of fused-ring (bicyclic) bond motifs is 10. The van der Waals surface area contributed by atoms with Gasteiger partial charge < -0.3 is 20.4 Å². The summed E-state index contributed by atoms with van der Waals surface area (Å²) in [6, 6.07) is 0. The summed E-state index contributed by atoms with van der Waals surface area (Å²) in [7, 11) is 0. The van der Waals surface area contributed by atoms with Crippen LogP contribution in [-0.2, 0) is 0 Å². The molecule has 0 aromatic heterocycles. The van der Waals surface area contributed by atoms with Crippen LogP contribution in [0, 0.1) is 92.7 Å². The summed E-state index contributed by atoms with van der Waals surface area (Å²) >= 11 is 0. The highest BCUT2D eigenvalue weighted by molar-refractivity contribution is 5.14. The van der Waals surface area contributed by atoms with E-state index in [0.717, 1.165) is 83.5 Å². The van der Waals surface area contributed by atoms with E-state index in [2.05, 4.69) is 27.7 Å². The van der Waals surface area contributed by atoms with Crippen molar-refractivity contribution in [2.75, 3.05) is 0 Å². The first-order valence-corrected chi connectivity index (χ1v) is 25.4. The van der Waals surface area contributed by atoms with Gasteiger partial charge in [0, 0.05) is 12.8 Å². The van der Waals surface area contributed by atoms with Crippen LogP contribution >= 0.6 is 0 Å². The molecular weight excluding hydrogens is 765 g/mol. The molecule has 0 radical (unpaired) electrons. The molecule has 0 unspecified atom stereocenters. The average Bonchev–Trinajstić information content (AvgIpc) is 3.70. The zero-order valence-corrected chi connectivity index (χ0v) is 38.9. The molecule has 8 aliphatic rings. The normalized spacial score (nSPS) is 51.2. The summed E-state index contributed by atoms with van der Waals surface area (Å²) in [6.45, 7) is 16.4. The maximum atomic E-state index is 16.6. The SMILES string of the molecule is C[C@H](CC(F)(F)[C@@H](O)CC[C@]12CC[C@](C)(O)C[C@@H]1CC[C@H]1[C@@H]3CC[C@H]([C@H](C)CC(F)(F)[C@@H](C)O)[C@@]3(C)CC[C@@H]12)[C@H]1CC[C@H]2[C@@H]3CC[C@H]4C[C@@](C)(O)CC[C@]4(C)[C@H]3CC[C@]12C. The molecule has 60 heavy (non-hydrogen) atoms. The number of hydrogen-bond donors (Lipinski definition) is 4. The fourth-order valence-electron chi connectivity index (χ4n) is 19.2. The van der Waals surface area contributed by atoms with E-state index in [0.29, 0.717) is 60.7 Å². The van der Waals surface area contributed by atoms with Crippen LogP contribution < -0.4 is 0 Å². The van der Waals surface area contributed by atoms with Crippen molar-refractivity contribution in [3.63, 3.8) is 0 Å². The van der Waals surface area contributed by atoms with Crippen LogP contribution in [0.25, 0.3) is 0 Å². The molecule has 4 nitrogen and oxygen atoms in total. The van der Waals surface area contributed by atoms with E-state index < -0.39 is 35.3 Å². The van der Waals surface area contributed by atoms with Crippen molar-refractivity contribution in [2.45, 2.75) is 232 Å². The molecule has 0 heterocycles. The van der Waals surface area contributed by atoms with Gasteiger partial charge in [0.25, 0.3) is 11.8 Å². The Morgan fingerprint density at radius 2 is 0.983 bits per heavy atom. The van der Waals surface area contributed by atoms with Crippen LogP contribution in [-0.4, -0.2) is 55.7 Å². The Morgan fingerprint density at radius 3 is 1.55 bits per heavy atom. The minimum Gasteiger partial charge on any atom is -0.390 e. The van der Waals surface area contributed by atoms with Gasteiger partial charge in [-0.3, -0.25) is 0 Å². The highest BCUT2D eigenvalue weighted by atomic mass is 19.3. The zero-order valence-electron chi connectivity index (χ0n) is 38.9.